The van der Waals surface area contributed by atoms with Gasteiger partial charge in [0.15, 0.2) is 0 Å². The first kappa shape index (κ1) is 17.5. The zero-order valence-electron chi connectivity index (χ0n) is 13.1. The van der Waals surface area contributed by atoms with Gasteiger partial charge in [0.05, 0.1) is 37.3 Å². The van der Waals surface area contributed by atoms with Crippen LogP contribution >= 0.6 is 11.8 Å². The van der Waals surface area contributed by atoms with E-state index < -0.39 is 0 Å². The highest BCUT2D eigenvalue weighted by Gasteiger charge is 2.39. The monoisotopic (exact) mass is 337 g/mol. The third-order valence-corrected chi connectivity index (χ3v) is 4.41. The molecular weight excluding hydrogens is 318 g/mol. The van der Waals surface area contributed by atoms with E-state index in [9.17, 15) is 9.59 Å². The first-order valence-electron chi connectivity index (χ1n) is 7.12. The Morgan fingerprint density at radius 3 is 2.57 bits per heavy atom. The van der Waals surface area contributed by atoms with Crippen LogP contribution in [0.2, 0.25) is 0 Å². The number of hydrogen-bond donors (Lipinski definition) is 1. The maximum atomic E-state index is 12.7. The lowest BCUT2D eigenvalue weighted by Crippen LogP contribution is -2.34. The second kappa shape index (κ2) is 8.14. The molecule has 0 radical (unpaired) electrons. The summed E-state index contributed by atoms with van der Waals surface area (Å²) in [5.41, 5.74) is 0.899. The van der Waals surface area contributed by atoms with Gasteiger partial charge in [-0.2, -0.15) is 0 Å². The number of methoxy groups -OCH3 is 2. The number of ether oxygens (including phenoxy) is 2. The van der Waals surface area contributed by atoms with Crippen molar-refractivity contribution in [2.24, 2.45) is 0 Å². The maximum Gasteiger partial charge on any atom is 0.268 e. The molecule has 0 spiro atoms. The molecule has 2 amide bonds. The summed E-state index contributed by atoms with van der Waals surface area (Å²) in [5, 5.41) is 9.05. The van der Waals surface area contributed by atoms with Crippen molar-refractivity contribution in [1.29, 1.82) is 0 Å². The molecule has 1 aliphatic heterocycles. The highest BCUT2D eigenvalue weighted by molar-refractivity contribution is 8.04. The average molecular weight is 337 g/mol. The number of carbonyl (C=O) groups excluding carboxylic acids is 2. The highest BCUT2D eigenvalue weighted by atomic mass is 32.2. The summed E-state index contributed by atoms with van der Waals surface area (Å²) in [6.07, 6.45) is 0. The number of hydrogen-bond acceptors (Lipinski definition) is 6. The Morgan fingerprint density at radius 2 is 1.91 bits per heavy atom. The van der Waals surface area contributed by atoms with Gasteiger partial charge in [-0.15, -0.1) is 11.8 Å². The van der Waals surface area contributed by atoms with Crippen molar-refractivity contribution >= 4 is 29.1 Å². The van der Waals surface area contributed by atoms with Gasteiger partial charge in [0, 0.05) is 18.4 Å². The van der Waals surface area contributed by atoms with Gasteiger partial charge in [-0.1, -0.05) is 18.2 Å². The van der Waals surface area contributed by atoms with Gasteiger partial charge in [-0.05, 0) is 6.07 Å². The lowest BCUT2D eigenvalue weighted by atomic mass is 10.1. The van der Waals surface area contributed by atoms with Crippen molar-refractivity contribution in [3.63, 3.8) is 0 Å². The Morgan fingerprint density at radius 1 is 1.17 bits per heavy atom. The van der Waals surface area contributed by atoms with Crippen molar-refractivity contribution in [3.05, 3.63) is 34.7 Å². The number of benzene rings is 1. The van der Waals surface area contributed by atoms with Crippen LogP contribution < -0.4 is 4.74 Å². The van der Waals surface area contributed by atoms with Crippen LogP contribution in [0.1, 0.15) is 5.56 Å². The van der Waals surface area contributed by atoms with Crippen LogP contribution in [-0.4, -0.2) is 61.6 Å². The number of imide groups is 1. The minimum Gasteiger partial charge on any atom is -0.496 e. The van der Waals surface area contributed by atoms with Crippen molar-refractivity contribution in [2.75, 3.05) is 39.7 Å². The molecule has 0 aromatic heterocycles. The van der Waals surface area contributed by atoms with E-state index in [0.717, 1.165) is 0 Å². The molecular formula is C16H19NO5S. The SMILES string of the molecule is COCCN1C(=O)C(SCCO)=C(c2ccccc2OC)C1=O. The average Bonchev–Trinajstić information content (AvgIpc) is 2.81. The summed E-state index contributed by atoms with van der Waals surface area (Å²) in [7, 11) is 3.03. The third-order valence-electron chi connectivity index (χ3n) is 3.36. The van der Waals surface area contributed by atoms with Gasteiger partial charge >= 0.3 is 0 Å². The Balaban J connectivity index is 2.46. The summed E-state index contributed by atoms with van der Waals surface area (Å²) in [6.45, 7) is 0.386. The summed E-state index contributed by atoms with van der Waals surface area (Å²) in [6, 6.07) is 7.08. The van der Waals surface area contributed by atoms with E-state index in [1.165, 1.54) is 30.9 Å². The van der Waals surface area contributed by atoms with E-state index >= 15 is 0 Å². The normalized spacial score (nSPS) is 14.8. The molecule has 0 aliphatic carbocycles. The number of rotatable bonds is 8. The molecule has 1 aromatic rings. The maximum absolute atomic E-state index is 12.7. The zero-order chi connectivity index (χ0) is 16.8. The largest absolute Gasteiger partial charge is 0.496 e. The third kappa shape index (κ3) is 3.57. The number of carbonyl (C=O) groups is 2. The van der Waals surface area contributed by atoms with Crippen LogP contribution in [0.3, 0.4) is 0 Å². The van der Waals surface area contributed by atoms with Crippen LogP contribution in [0.4, 0.5) is 0 Å². The van der Waals surface area contributed by atoms with E-state index in [0.29, 0.717) is 27.5 Å². The van der Waals surface area contributed by atoms with Gasteiger partial charge in [0.2, 0.25) is 0 Å². The quantitative estimate of drug-likeness (QED) is 0.717. The van der Waals surface area contributed by atoms with Crippen LogP contribution in [-0.2, 0) is 14.3 Å². The molecule has 6 nitrogen and oxygen atoms in total. The molecule has 1 aliphatic rings. The van der Waals surface area contributed by atoms with E-state index in [-0.39, 0.29) is 31.6 Å². The topological polar surface area (TPSA) is 76.1 Å². The van der Waals surface area contributed by atoms with Gasteiger partial charge in [-0.3, -0.25) is 14.5 Å². The lowest BCUT2D eigenvalue weighted by Gasteiger charge is -2.14. The second-order valence-corrected chi connectivity index (χ2v) is 5.84. The molecule has 1 N–H and O–H groups in total. The molecule has 1 aromatic carbocycles. The fraction of sp³-hybridized carbons (Fsp3) is 0.375. The second-order valence-electron chi connectivity index (χ2n) is 4.73. The van der Waals surface area contributed by atoms with E-state index in [1.54, 1.807) is 24.3 Å². The van der Waals surface area contributed by atoms with Crippen LogP contribution in [0.25, 0.3) is 5.57 Å². The van der Waals surface area contributed by atoms with E-state index in [1.807, 2.05) is 0 Å². The van der Waals surface area contributed by atoms with Crippen molar-refractivity contribution in [2.45, 2.75) is 0 Å². The van der Waals surface area contributed by atoms with Crippen LogP contribution in [0, 0.1) is 0 Å². The number of amides is 2. The van der Waals surface area contributed by atoms with Crippen LogP contribution in [0.5, 0.6) is 5.75 Å². The van der Waals surface area contributed by atoms with Gasteiger partial charge in [-0.25, -0.2) is 0 Å². The highest BCUT2D eigenvalue weighted by Crippen LogP contribution is 2.39. The summed E-state index contributed by atoms with van der Waals surface area (Å²) in [5.74, 6) is 0.147. The first-order chi connectivity index (χ1) is 11.2. The van der Waals surface area contributed by atoms with Crippen molar-refractivity contribution in [3.8, 4) is 5.75 Å². The standard InChI is InChI=1S/C16H19NO5S/c1-21-9-7-17-15(19)13(14(16(17)20)23-10-8-18)11-5-3-4-6-12(11)22-2/h3-6,18H,7-10H2,1-2H3. The molecule has 7 heteroatoms. The van der Waals surface area contributed by atoms with Crippen LogP contribution in [0.15, 0.2) is 29.2 Å². The van der Waals surface area contributed by atoms with E-state index in [2.05, 4.69) is 0 Å². The Labute approximate surface area is 139 Å². The summed E-state index contributed by atoms with van der Waals surface area (Å²) < 4.78 is 10.3. The molecule has 0 saturated carbocycles. The van der Waals surface area contributed by atoms with Crippen molar-refractivity contribution in [1.82, 2.24) is 4.90 Å². The summed E-state index contributed by atoms with van der Waals surface area (Å²) >= 11 is 1.18. The molecule has 0 atom stereocenters. The molecule has 124 valence electrons. The van der Waals surface area contributed by atoms with Gasteiger partial charge in [0.25, 0.3) is 11.8 Å². The fourth-order valence-corrected chi connectivity index (χ4v) is 3.18. The minimum absolute atomic E-state index is 0.0765. The fourth-order valence-electron chi connectivity index (χ4n) is 2.31. The van der Waals surface area contributed by atoms with E-state index in [4.69, 9.17) is 14.6 Å². The lowest BCUT2D eigenvalue weighted by molar-refractivity contribution is -0.137. The van der Waals surface area contributed by atoms with Gasteiger partial charge in [0.1, 0.15) is 5.75 Å². The Kier molecular flexibility index (Phi) is 6.20. The summed E-state index contributed by atoms with van der Waals surface area (Å²) in [4.78, 5) is 26.8. The Hall–Kier alpha value is -1.83. The molecule has 0 unspecified atom stereocenters. The molecule has 0 bridgehead atoms. The molecule has 23 heavy (non-hydrogen) atoms. The number of nitrogens with zero attached hydrogens (tertiary/aromatic N) is 1. The van der Waals surface area contributed by atoms with Gasteiger partial charge < -0.3 is 14.6 Å². The molecule has 1 heterocycles. The number of thioether (sulfide) groups is 1. The predicted octanol–water partition coefficient (Wildman–Crippen LogP) is 1.15. The predicted molar refractivity (Wildman–Crippen MR) is 88.1 cm³/mol. The van der Waals surface area contributed by atoms with Crippen molar-refractivity contribution < 1.29 is 24.2 Å². The number of aliphatic hydroxyl groups is 1. The minimum atomic E-state index is -0.364. The number of para-hydroxylation sites is 1. The zero-order valence-corrected chi connectivity index (χ0v) is 13.9. The first-order valence-corrected chi connectivity index (χ1v) is 8.10. The molecule has 2 rings (SSSR count). The molecule has 0 fully saturated rings. The Bertz CT molecular complexity index is 629. The molecule has 0 saturated heterocycles. The smallest absolute Gasteiger partial charge is 0.268 e. The number of aliphatic hydroxyl groups excluding tert-OH is 1.